The lowest BCUT2D eigenvalue weighted by atomic mass is 9.49. The molecule has 2 saturated carbocycles. The first kappa shape index (κ1) is 31.5. The van der Waals surface area contributed by atoms with Gasteiger partial charge in [0.15, 0.2) is 5.82 Å². The average molecular weight is 650 g/mol. The summed E-state index contributed by atoms with van der Waals surface area (Å²) in [5, 5.41) is 1.57. The molecule has 8 rings (SSSR count). The van der Waals surface area contributed by atoms with E-state index in [0.717, 1.165) is 48.0 Å². The van der Waals surface area contributed by atoms with E-state index >= 15 is 0 Å². The van der Waals surface area contributed by atoms with E-state index in [0.29, 0.717) is 64.6 Å². The fourth-order valence-electron chi connectivity index (χ4n) is 7.44. The topological polar surface area (TPSA) is 142 Å². The van der Waals surface area contributed by atoms with Crippen LogP contribution in [0.25, 0.3) is 44.8 Å². The number of carbonyl (C=O) groups excluding carboxylic acids is 2. The molecule has 2 amide bonds. The Balaban J connectivity index is 1.25. The van der Waals surface area contributed by atoms with Crippen molar-refractivity contribution >= 4 is 63.4 Å². The molecule has 5 heterocycles. The number of rotatable bonds is 8. The predicted octanol–water partition coefficient (Wildman–Crippen LogP) is 3.35. The second-order valence-electron chi connectivity index (χ2n) is 13.4. The maximum absolute atomic E-state index is 13.8. The zero-order chi connectivity index (χ0) is 34.2. The van der Waals surface area contributed by atoms with Crippen molar-refractivity contribution in [2.45, 2.75) is 49.5 Å². The van der Waals surface area contributed by atoms with Crippen LogP contribution < -0.4 is 15.8 Å². The number of ether oxygens (including phenoxy) is 2. The molecule has 2 bridgehead atoms. The van der Waals surface area contributed by atoms with Crippen molar-refractivity contribution in [2.75, 3.05) is 26.1 Å². The van der Waals surface area contributed by atoms with Gasteiger partial charge in [0.25, 0.3) is 5.91 Å². The lowest BCUT2D eigenvalue weighted by Crippen LogP contribution is -2.41. The number of benzene rings is 1. The van der Waals surface area contributed by atoms with Crippen molar-refractivity contribution in [3.05, 3.63) is 54.2 Å². The minimum atomic E-state index is -1.87. The molecule has 49 heavy (non-hydrogen) atoms. The van der Waals surface area contributed by atoms with Gasteiger partial charge in [-0.15, -0.1) is 0 Å². The molecule has 3 unspecified atom stereocenters. The second-order valence-corrected chi connectivity index (χ2v) is 13.4. The first-order chi connectivity index (χ1) is 23.5. The van der Waals surface area contributed by atoms with Crippen LogP contribution in [0.15, 0.2) is 48.7 Å². The number of pyridine rings is 2. The number of imidazole rings is 1. The van der Waals surface area contributed by atoms with Crippen molar-refractivity contribution in [3.63, 3.8) is 0 Å². The van der Waals surface area contributed by atoms with Crippen LogP contribution in [-0.4, -0.2) is 97.4 Å². The van der Waals surface area contributed by atoms with Gasteiger partial charge in [-0.1, -0.05) is 5.24 Å². The minimum Gasteiger partial charge on any atom is -0.494 e. The van der Waals surface area contributed by atoms with Crippen LogP contribution in [0.5, 0.6) is 5.75 Å². The molecule has 2 aliphatic carbocycles. The van der Waals surface area contributed by atoms with Gasteiger partial charge in [0, 0.05) is 47.9 Å². The number of methoxy groups -OCH3 is 2. The van der Waals surface area contributed by atoms with Crippen LogP contribution in [0.3, 0.4) is 0 Å². The van der Waals surface area contributed by atoms with E-state index in [9.17, 15) is 9.59 Å². The lowest BCUT2D eigenvalue weighted by Gasteiger charge is -2.28. The molecule has 5 aromatic rings. The van der Waals surface area contributed by atoms with Gasteiger partial charge >= 0.3 is 6.09 Å². The highest BCUT2D eigenvalue weighted by molar-refractivity contribution is 6.57. The number of amides is 2. The van der Waals surface area contributed by atoms with Crippen LogP contribution in [0, 0.1) is 11.8 Å². The Kier molecular flexibility index (Phi) is 7.51. The van der Waals surface area contributed by atoms with Gasteiger partial charge in [-0.25, -0.2) is 19.7 Å². The number of hydrogen-bond donors (Lipinski definition) is 2. The molecule has 242 valence electrons. The molecular formula is C34H33B3N8O4. The van der Waals surface area contributed by atoms with Crippen LogP contribution in [0.4, 0.5) is 10.6 Å². The number of nitrogens with zero attached hydrogens (tertiary/aromatic N) is 6. The molecular weight excluding hydrogens is 617 g/mol. The molecule has 3 N–H and O–H groups in total. The van der Waals surface area contributed by atoms with Gasteiger partial charge in [0.1, 0.15) is 22.7 Å². The van der Waals surface area contributed by atoms with Crippen molar-refractivity contribution in [2.24, 2.45) is 17.6 Å². The van der Waals surface area contributed by atoms with Gasteiger partial charge in [-0.2, -0.15) is 0 Å². The summed E-state index contributed by atoms with van der Waals surface area (Å²) in [7, 11) is 22.2. The summed E-state index contributed by atoms with van der Waals surface area (Å²) in [5.74, 6) is 1.85. The minimum absolute atomic E-state index is 0.00515. The van der Waals surface area contributed by atoms with Gasteiger partial charge in [0.05, 0.1) is 54.7 Å². The summed E-state index contributed by atoms with van der Waals surface area (Å²) in [4.78, 5) is 41.8. The normalized spacial score (nSPS) is 20.3. The van der Waals surface area contributed by atoms with Gasteiger partial charge in [-0.3, -0.25) is 10.1 Å². The molecule has 1 aliphatic heterocycles. The Hall–Kier alpha value is -4.78. The van der Waals surface area contributed by atoms with E-state index in [1.807, 2.05) is 29.2 Å². The van der Waals surface area contributed by atoms with Crippen molar-refractivity contribution < 1.29 is 19.1 Å². The van der Waals surface area contributed by atoms with Gasteiger partial charge in [0.2, 0.25) is 0 Å². The highest BCUT2D eigenvalue weighted by atomic mass is 16.5. The summed E-state index contributed by atoms with van der Waals surface area (Å²) in [6.45, 7) is 1.34. The third-order valence-electron chi connectivity index (χ3n) is 10.1. The Morgan fingerprint density at radius 1 is 1.04 bits per heavy atom. The number of carbonyl (C=O) groups is 2. The smallest absolute Gasteiger partial charge is 0.412 e. The third-order valence-corrected chi connectivity index (χ3v) is 10.1. The SMILES string of the molecule is [B]C([B])([B])n1c(-c2cc3ccc(-c4ccc(NC(=O)OC)nc4)nc3n2CC2CC2)nc2cc(C(=O)N3CC4CCC3C4N)cc(OC)c21. The molecule has 3 fully saturated rings. The lowest BCUT2D eigenvalue weighted by molar-refractivity contribution is 0.0700. The van der Waals surface area contributed by atoms with Crippen LogP contribution in [-0.2, 0) is 16.5 Å². The summed E-state index contributed by atoms with van der Waals surface area (Å²) in [5.41, 5.74) is 10.8. The number of fused-ring (bicyclic) bond motifs is 4. The molecule has 4 aromatic heterocycles. The Labute approximate surface area is 287 Å². The van der Waals surface area contributed by atoms with Gasteiger partial charge < -0.3 is 29.2 Å². The number of piperidine rings is 1. The number of nitrogens with two attached hydrogens (primary N) is 1. The van der Waals surface area contributed by atoms with Crippen molar-refractivity contribution in [3.8, 4) is 28.5 Å². The monoisotopic (exact) mass is 650 g/mol. The first-order valence-corrected chi connectivity index (χ1v) is 16.4. The zero-order valence-corrected chi connectivity index (χ0v) is 27.3. The molecule has 3 aliphatic rings. The highest BCUT2D eigenvalue weighted by Crippen LogP contribution is 2.41. The Morgan fingerprint density at radius 3 is 2.49 bits per heavy atom. The molecule has 1 saturated heterocycles. The third kappa shape index (κ3) is 5.44. The number of anilines is 1. The zero-order valence-electron chi connectivity index (χ0n) is 27.3. The summed E-state index contributed by atoms with van der Waals surface area (Å²) in [6.07, 6.45) is 5.19. The maximum Gasteiger partial charge on any atom is 0.412 e. The van der Waals surface area contributed by atoms with Gasteiger partial charge in [-0.05, 0) is 80.0 Å². The number of hydrogen-bond acceptors (Lipinski definition) is 8. The van der Waals surface area contributed by atoms with E-state index in [-0.39, 0.29) is 18.0 Å². The molecule has 6 radical (unpaired) electrons. The average Bonchev–Trinajstić information content (AvgIpc) is 3.41. The Bertz CT molecular complexity index is 2120. The van der Waals surface area contributed by atoms with E-state index in [2.05, 4.69) is 19.6 Å². The van der Waals surface area contributed by atoms with E-state index in [4.69, 9.17) is 44.0 Å². The summed E-state index contributed by atoms with van der Waals surface area (Å²) in [6, 6.07) is 12.9. The molecule has 3 atom stereocenters. The quantitative estimate of drug-likeness (QED) is 0.244. The number of aromatic nitrogens is 5. The number of nitrogens with one attached hydrogen (secondary N) is 1. The molecule has 1 aromatic carbocycles. The van der Waals surface area contributed by atoms with Crippen molar-refractivity contribution in [1.29, 1.82) is 0 Å². The van der Waals surface area contributed by atoms with Crippen molar-refractivity contribution in [1.82, 2.24) is 29.0 Å². The predicted molar refractivity (Wildman–Crippen MR) is 188 cm³/mol. The largest absolute Gasteiger partial charge is 0.494 e. The maximum atomic E-state index is 13.8. The molecule has 12 nitrogen and oxygen atoms in total. The fraction of sp³-hybridized carbons (Fsp3) is 0.382. The molecule has 15 heteroatoms. The Morgan fingerprint density at radius 2 is 1.86 bits per heavy atom. The van der Waals surface area contributed by atoms with Crippen LogP contribution in [0.2, 0.25) is 0 Å². The summed E-state index contributed by atoms with van der Waals surface area (Å²) >= 11 is 0. The van der Waals surface area contributed by atoms with E-state index in [1.165, 1.54) is 14.2 Å². The molecule has 0 spiro atoms. The standard InChI is InChI=1S/C34H33B3N8O4/c1-48-26-13-21(32(46)44-16-20-6-9-24(44)28(20)38)11-23-29(26)45(34(35,36)37)31(41-23)25-12-18-5-8-22(40-30(18)43(25)15-17-3-4-17)19-7-10-27(39-14-19)42-33(47)49-2/h5,7-8,10-14,17,20,24,28H,3-4,6,9,15-16,38H2,1-2H3,(H,39,42,47). The summed E-state index contributed by atoms with van der Waals surface area (Å²) < 4.78 is 14.2. The van der Waals surface area contributed by atoms with Crippen LogP contribution in [0.1, 0.15) is 36.0 Å². The van der Waals surface area contributed by atoms with E-state index < -0.39 is 11.3 Å². The highest BCUT2D eigenvalue weighted by Gasteiger charge is 2.47. The van der Waals surface area contributed by atoms with Crippen LogP contribution >= 0.6 is 0 Å². The first-order valence-electron chi connectivity index (χ1n) is 16.4. The second kappa shape index (κ2) is 11.7. The fourth-order valence-corrected chi connectivity index (χ4v) is 7.44. The van der Waals surface area contributed by atoms with E-state index in [1.54, 1.807) is 29.0 Å². The number of likely N-dealkylation sites (tertiary alicyclic amines) is 1.